The van der Waals surface area contributed by atoms with Crippen molar-refractivity contribution in [3.05, 3.63) is 0 Å². The van der Waals surface area contributed by atoms with E-state index < -0.39 is 0 Å². The van der Waals surface area contributed by atoms with Gasteiger partial charge < -0.3 is 16.2 Å². The van der Waals surface area contributed by atoms with Gasteiger partial charge in [-0.15, -0.1) is 0 Å². The molecule has 0 aromatic carbocycles. The molecule has 1 fully saturated rings. The van der Waals surface area contributed by atoms with Crippen LogP contribution in [0.15, 0.2) is 0 Å². The highest BCUT2D eigenvalue weighted by Gasteiger charge is 2.19. The van der Waals surface area contributed by atoms with Crippen molar-refractivity contribution in [1.82, 2.24) is 5.32 Å². The van der Waals surface area contributed by atoms with Gasteiger partial charge in [0.15, 0.2) is 0 Å². The summed E-state index contributed by atoms with van der Waals surface area (Å²) in [5, 5.41) is 12.4. The Morgan fingerprint density at radius 3 is 2.56 bits per heavy atom. The summed E-state index contributed by atoms with van der Waals surface area (Å²) in [6.45, 7) is 3.10. The minimum absolute atomic E-state index is 0.259. The molecule has 0 radical (unpaired) electrons. The van der Waals surface area contributed by atoms with E-state index in [9.17, 15) is 0 Å². The van der Waals surface area contributed by atoms with E-state index in [0.717, 1.165) is 12.3 Å². The van der Waals surface area contributed by atoms with E-state index in [4.69, 9.17) is 10.8 Å². The highest BCUT2D eigenvalue weighted by Crippen LogP contribution is 2.27. The van der Waals surface area contributed by atoms with Crippen LogP contribution in [0, 0.1) is 5.92 Å². The van der Waals surface area contributed by atoms with Gasteiger partial charge in [0, 0.05) is 25.2 Å². The lowest BCUT2D eigenvalue weighted by atomic mass is 9.84. The molecule has 0 heterocycles. The van der Waals surface area contributed by atoms with Crippen LogP contribution < -0.4 is 11.1 Å². The number of hydrogen-bond donors (Lipinski definition) is 3. The predicted molar refractivity (Wildman–Crippen MR) is 68.3 cm³/mol. The van der Waals surface area contributed by atoms with Gasteiger partial charge >= 0.3 is 0 Å². The van der Waals surface area contributed by atoms with E-state index >= 15 is 0 Å². The Morgan fingerprint density at radius 2 is 2.00 bits per heavy atom. The molecular formula is C13H28N2O. The van der Waals surface area contributed by atoms with Crippen LogP contribution >= 0.6 is 0 Å². The number of nitrogens with two attached hydrogens (primary N) is 1. The predicted octanol–water partition coefficient (Wildman–Crippen LogP) is 1.64. The Morgan fingerprint density at radius 1 is 1.31 bits per heavy atom. The van der Waals surface area contributed by atoms with Crippen molar-refractivity contribution in [2.75, 3.05) is 13.2 Å². The zero-order chi connectivity index (χ0) is 11.8. The summed E-state index contributed by atoms with van der Waals surface area (Å²) in [4.78, 5) is 0. The second kappa shape index (κ2) is 8.04. The van der Waals surface area contributed by atoms with Crippen molar-refractivity contribution in [2.45, 2.75) is 64.0 Å². The molecule has 0 aromatic heterocycles. The van der Waals surface area contributed by atoms with E-state index in [1.54, 1.807) is 0 Å². The third-order valence-corrected chi connectivity index (χ3v) is 3.71. The Bertz CT molecular complexity index is 169. The second-order valence-electron chi connectivity index (χ2n) is 5.25. The van der Waals surface area contributed by atoms with Crippen LogP contribution in [0.25, 0.3) is 0 Å². The molecule has 0 saturated heterocycles. The quantitative estimate of drug-likeness (QED) is 0.621. The standard InChI is InChI=1S/C13H28N2O/c1-11(7-8-16)15-13(10-14)9-12-5-3-2-4-6-12/h11-13,15-16H,2-10,14H2,1H3. The van der Waals surface area contributed by atoms with Gasteiger partial charge in [-0.2, -0.15) is 0 Å². The summed E-state index contributed by atoms with van der Waals surface area (Å²) >= 11 is 0. The van der Waals surface area contributed by atoms with Crippen LogP contribution in [0.1, 0.15) is 51.9 Å². The number of aliphatic hydroxyl groups is 1. The van der Waals surface area contributed by atoms with Crippen LogP contribution in [0.4, 0.5) is 0 Å². The minimum Gasteiger partial charge on any atom is -0.396 e. The van der Waals surface area contributed by atoms with Crippen LogP contribution in [0.5, 0.6) is 0 Å². The van der Waals surface area contributed by atoms with Gasteiger partial charge in [0.25, 0.3) is 0 Å². The van der Waals surface area contributed by atoms with Gasteiger partial charge in [-0.3, -0.25) is 0 Å². The molecule has 0 amide bonds. The molecule has 0 bridgehead atoms. The lowest BCUT2D eigenvalue weighted by Crippen LogP contribution is -2.43. The Kier molecular flexibility index (Phi) is 7.01. The fraction of sp³-hybridized carbons (Fsp3) is 1.00. The van der Waals surface area contributed by atoms with Gasteiger partial charge in [-0.25, -0.2) is 0 Å². The Hall–Kier alpha value is -0.120. The van der Waals surface area contributed by atoms with Crippen molar-refractivity contribution >= 4 is 0 Å². The Labute approximate surface area is 99.8 Å². The molecule has 4 N–H and O–H groups in total. The number of aliphatic hydroxyl groups excluding tert-OH is 1. The summed E-state index contributed by atoms with van der Waals surface area (Å²) in [7, 11) is 0. The van der Waals surface area contributed by atoms with Crippen LogP contribution in [0.3, 0.4) is 0 Å². The van der Waals surface area contributed by atoms with E-state index in [0.29, 0.717) is 18.6 Å². The molecular weight excluding hydrogens is 200 g/mol. The van der Waals surface area contributed by atoms with Crippen molar-refractivity contribution in [2.24, 2.45) is 11.7 Å². The van der Waals surface area contributed by atoms with Gasteiger partial charge in [0.2, 0.25) is 0 Å². The Balaban J connectivity index is 2.24. The first kappa shape index (κ1) is 13.9. The topological polar surface area (TPSA) is 58.3 Å². The molecule has 96 valence electrons. The molecule has 16 heavy (non-hydrogen) atoms. The maximum atomic E-state index is 8.87. The highest BCUT2D eigenvalue weighted by atomic mass is 16.3. The highest BCUT2D eigenvalue weighted by molar-refractivity contribution is 4.77. The maximum absolute atomic E-state index is 8.87. The lowest BCUT2D eigenvalue weighted by Gasteiger charge is -2.28. The zero-order valence-electron chi connectivity index (χ0n) is 10.6. The normalized spacial score (nSPS) is 21.9. The van der Waals surface area contributed by atoms with Crippen LogP contribution in [0.2, 0.25) is 0 Å². The number of rotatable bonds is 7. The maximum Gasteiger partial charge on any atom is 0.0445 e. The summed E-state index contributed by atoms with van der Waals surface area (Å²) in [5.74, 6) is 0.871. The second-order valence-corrected chi connectivity index (χ2v) is 5.25. The summed E-state index contributed by atoms with van der Waals surface area (Å²) in [5.41, 5.74) is 5.81. The molecule has 1 aliphatic rings. The van der Waals surface area contributed by atoms with Crippen LogP contribution in [-0.2, 0) is 0 Å². The van der Waals surface area contributed by atoms with E-state index in [1.807, 2.05) is 0 Å². The zero-order valence-corrected chi connectivity index (χ0v) is 10.6. The summed E-state index contributed by atoms with van der Waals surface area (Å²) < 4.78 is 0. The van der Waals surface area contributed by atoms with Crippen molar-refractivity contribution in [3.8, 4) is 0 Å². The molecule has 1 rings (SSSR count). The fourth-order valence-electron chi connectivity index (χ4n) is 2.74. The molecule has 1 aliphatic carbocycles. The first-order valence-electron chi connectivity index (χ1n) is 6.83. The largest absolute Gasteiger partial charge is 0.396 e. The van der Waals surface area contributed by atoms with Gasteiger partial charge in [0.05, 0.1) is 0 Å². The molecule has 0 spiro atoms. The van der Waals surface area contributed by atoms with Gasteiger partial charge in [-0.05, 0) is 25.7 Å². The summed E-state index contributed by atoms with van der Waals surface area (Å²) in [6, 6.07) is 0.812. The third kappa shape index (κ3) is 5.28. The SMILES string of the molecule is CC(CCO)NC(CN)CC1CCCCC1. The van der Waals surface area contributed by atoms with E-state index in [-0.39, 0.29) is 6.61 Å². The lowest BCUT2D eigenvalue weighted by molar-refractivity contribution is 0.249. The smallest absolute Gasteiger partial charge is 0.0445 e. The molecule has 2 unspecified atom stereocenters. The molecule has 0 aliphatic heterocycles. The van der Waals surface area contributed by atoms with E-state index in [1.165, 1.54) is 38.5 Å². The monoisotopic (exact) mass is 228 g/mol. The average molecular weight is 228 g/mol. The van der Waals surface area contributed by atoms with Gasteiger partial charge in [0.1, 0.15) is 0 Å². The van der Waals surface area contributed by atoms with Crippen molar-refractivity contribution in [1.29, 1.82) is 0 Å². The molecule has 2 atom stereocenters. The average Bonchev–Trinajstić information content (AvgIpc) is 2.30. The molecule has 3 nitrogen and oxygen atoms in total. The fourth-order valence-corrected chi connectivity index (χ4v) is 2.74. The summed E-state index contributed by atoms with van der Waals surface area (Å²) in [6.07, 6.45) is 9.01. The first-order valence-corrected chi connectivity index (χ1v) is 6.83. The van der Waals surface area contributed by atoms with Gasteiger partial charge in [-0.1, -0.05) is 32.1 Å². The number of nitrogens with one attached hydrogen (secondary N) is 1. The third-order valence-electron chi connectivity index (χ3n) is 3.71. The minimum atomic E-state index is 0.259. The van der Waals surface area contributed by atoms with E-state index in [2.05, 4.69) is 12.2 Å². The first-order chi connectivity index (χ1) is 7.76. The molecule has 1 saturated carbocycles. The van der Waals surface area contributed by atoms with Crippen molar-refractivity contribution < 1.29 is 5.11 Å². The van der Waals surface area contributed by atoms with Crippen LogP contribution in [-0.4, -0.2) is 30.3 Å². The molecule has 0 aromatic rings. The number of hydrogen-bond acceptors (Lipinski definition) is 3. The molecule has 3 heteroatoms. The van der Waals surface area contributed by atoms with Crippen molar-refractivity contribution in [3.63, 3.8) is 0 Å².